The highest BCUT2D eigenvalue weighted by atomic mass is 35.5. The minimum absolute atomic E-state index is 0.0987. The van der Waals surface area contributed by atoms with Crippen molar-refractivity contribution in [3.63, 3.8) is 0 Å². The van der Waals surface area contributed by atoms with Crippen LogP contribution in [0.3, 0.4) is 0 Å². The van der Waals surface area contributed by atoms with Crippen molar-refractivity contribution in [3.8, 4) is 0 Å². The summed E-state index contributed by atoms with van der Waals surface area (Å²) in [7, 11) is 0. The number of anilines is 2. The molecule has 0 saturated heterocycles. The highest BCUT2D eigenvalue weighted by molar-refractivity contribution is 7.20. The van der Waals surface area contributed by atoms with Gasteiger partial charge in [0, 0.05) is 5.02 Å². The predicted octanol–water partition coefficient (Wildman–Crippen LogP) is 4.85. The number of nitrogens with zero attached hydrogens (tertiary/aromatic N) is 1. The van der Waals surface area contributed by atoms with Gasteiger partial charge in [-0.3, -0.25) is 14.7 Å². The summed E-state index contributed by atoms with van der Waals surface area (Å²) in [5.41, 5.74) is 0.916. The van der Waals surface area contributed by atoms with Crippen molar-refractivity contribution < 1.29 is 14.0 Å². The maximum atomic E-state index is 13.7. The number of halogens is 2. The molecule has 0 unspecified atom stereocenters. The van der Waals surface area contributed by atoms with Gasteiger partial charge in [-0.1, -0.05) is 35.9 Å². The first-order valence-electron chi connectivity index (χ1n) is 8.57. The number of fused-ring (bicyclic) bond motifs is 1. The Morgan fingerprint density at radius 1 is 1.10 bits per heavy atom. The number of nitrogens with one attached hydrogen (secondary N) is 3. The number of hydrogen-bond acceptors (Lipinski definition) is 4. The van der Waals surface area contributed by atoms with E-state index >= 15 is 0 Å². The molecule has 6 nitrogen and oxygen atoms in total. The van der Waals surface area contributed by atoms with Crippen LogP contribution >= 0.6 is 22.9 Å². The second-order valence-corrected chi connectivity index (χ2v) is 7.68. The Balaban J connectivity index is 1.48. The SMILES string of the molecule is O=C(Cc1ccc(Cl)cc1)Nc1[nH]nc2sc(C(=O)Nc3ccccc3F)cc12. The Hall–Kier alpha value is -3.23. The fraction of sp³-hybridized carbons (Fsp3) is 0.0500. The number of aromatic amines is 1. The highest BCUT2D eigenvalue weighted by Crippen LogP contribution is 2.30. The average molecular weight is 429 g/mol. The van der Waals surface area contributed by atoms with Gasteiger partial charge in [0.1, 0.15) is 16.5 Å². The van der Waals surface area contributed by atoms with Crippen LogP contribution in [0.5, 0.6) is 0 Å². The molecule has 4 rings (SSSR count). The fourth-order valence-corrected chi connectivity index (χ4v) is 3.75. The average Bonchev–Trinajstić information content (AvgIpc) is 3.28. The summed E-state index contributed by atoms with van der Waals surface area (Å²) in [6.45, 7) is 0. The highest BCUT2D eigenvalue weighted by Gasteiger charge is 2.17. The summed E-state index contributed by atoms with van der Waals surface area (Å²) >= 11 is 6.99. The minimum atomic E-state index is -0.516. The number of H-pyrrole nitrogens is 1. The predicted molar refractivity (Wildman–Crippen MR) is 112 cm³/mol. The molecule has 0 fully saturated rings. The third-order valence-electron chi connectivity index (χ3n) is 4.14. The summed E-state index contributed by atoms with van der Waals surface area (Å²) in [6, 6.07) is 14.5. The van der Waals surface area contributed by atoms with Crippen LogP contribution in [-0.4, -0.2) is 22.0 Å². The number of carbonyl (C=O) groups excluding carboxylic acids is 2. The van der Waals surface area contributed by atoms with E-state index in [4.69, 9.17) is 11.6 Å². The number of hydrogen-bond donors (Lipinski definition) is 3. The van der Waals surface area contributed by atoms with Gasteiger partial charge in [-0.25, -0.2) is 4.39 Å². The van der Waals surface area contributed by atoms with Crippen molar-refractivity contribution in [2.24, 2.45) is 0 Å². The molecule has 2 amide bonds. The van der Waals surface area contributed by atoms with E-state index in [1.165, 1.54) is 12.1 Å². The van der Waals surface area contributed by atoms with Gasteiger partial charge in [0.25, 0.3) is 5.91 Å². The number of para-hydroxylation sites is 1. The van der Waals surface area contributed by atoms with Gasteiger partial charge in [0.15, 0.2) is 0 Å². The van der Waals surface area contributed by atoms with E-state index in [9.17, 15) is 14.0 Å². The van der Waals surface area contributed by atoms with Gasteiger partial charge in [-0.2, -0.15) is 5.10 Å². The summed E-state index contributed by atoms with van der Waals surface area (Å²) in [6.07, 6.45) is 0.169. The van der Waals surface area contributed by atoms with Crippen LogP contribution in [-0.2, 0) is 11.2 Å². The lowest BCUT2D eigenvalue weighted by atomic mass is 10.1. The second-order valence-electron chi connectivity index (χ2n) is 6.21. The van der Waals surface area contributed by atoms with Crippen molar-refractivity contribution in [1.82, 2.24) is 10.2 Å². The Morgan fingerprint density at radius 2 is 1.86 bits per heavy atom. The maximum Gasteiger partial charge on any atom is 0.265 e. The van der Waals surface area contributed by atoms with E-state index in [2.05, 4.69) is 20.8 Å². The Bertz CT molecular complexity index is 1200. The quantitative estimate of drug-likeness (QED) is 0.424. The zero-order valence-electron chi connectivity index (χ0n) is 14.8. The van der Waals surface area contributed by atoms with Gasteiger partial charge >= 0.3 is 0 Å². The van der Waals surface area contributed by atoms with Crippen molar-refractivity contribution in [3.05, 3.63) is 75.9 Å². The lowest BCUT2D eigenvalue weighted by Gasteiger charge is -2.04. The molecule has 0 spiro atoms. The van der Waals surface area contributed by atoms with Crippen LogP contribution in [0.1, 0.15) is 15.2 Å². The van der Waals surface area contributed by atoms with Gasteiger partial charge < -0.3 is 10.6 Å². The van der Waals surface area contributed by atoms with E-state index in [0.29, 0.717) is 25.9 Å². The maximum absolute atomic E-state index is 13.7. The summed E-state index contributed by atoms with van der Waals surface area (Å²) < 4.78 is 13.7. The molecule has 0 radical (unpaired) electrons. The molecule has 4 aromatic rings. The van der Waals surface area contributed by atoms with Gasteiger partial charge in [0.2, 0.25) is 5.91 Å². The number of aromatic nitrogens is 2. The molecule has 2 heterocycles. The molecule has 0 aliphatic carbocycles. The van der Waals surface area contributed by atoms with Crippen LogP contribution in [0.15, 0.2) is 54.6 Å². The zero-order chi connectivity index (χ0) is 20.4. The third kappa shape index (κ3) is 4.28. The molecule has 0 saturated carbocycles. The summed E-state index contributed by atoms with van der Waals surface area (Å²) in [4.78, 5) is 25.7. The number of rotatable bonds is 5. The van der Waals surface area contributed by atoms with E-state index in [1.54, 1.807) is 42.5 Å². The molecule has 9 heteroatoms. The smallest absolute Gasteiger partial charge is 0.265 e. The van der Waals surface area contributed by atoms with Crippen molar-refractivity contribution in [1.29, 1.82) is 0 Å². The van der Waals surface area contributed by atoms with Gasteiger partial charge in [-0.05, 0) is 35.9 Å². The topological polar surface area (TPSA) is 86.9 Å². The number of amides is 2. The second kappa shape index (κ2) is 8.02. The molecule has 146 valence electrons. The molecular weight excluding hydrogens is 415 g/mol. The molecule has 3 N–H and O–H groups in total. The first-order chi connectivity index (χ1) is 14.0. The van der Waals surface area contributed by atoms with Gasteiger partial charge in [0.05, 0.1) is 22.4 Å². The van der Waals surface area contributed by atoms with Crippen LogP contribution in [0, 0.1) is 5.82 Å². The van der Waals surface area contributed by atoms with E-state index in [-0.39, 0.29) is 18.0 Å². The normalized spacial score (nSPS) is 10.8. The van der Waals surface area contributed by atoms with Crippen LogP contribution in [0.25, 0.3) is 10.2 Å². The summed E-state index contributed by atoms with van der Waals surface area (Å²) in [5.74, 6) is -0.795. The molecule has 2 aromatic carbocycles. The zero-order valence-corrected chi connectivity index (χ0v) is 16.4. The number of benzene rings is 2. The molecular formula is C20H14ClFN4O2S. The van der Waals surface area contributed by atoms with Crippen LogP contribution in [0.2, 0.25) is 5.02 Å². The van der Waals surface area contributed by atoms with Crippen molar-refractivity contribution >= 4 is 56.5 Å². The lowest BCUT2D eigenvalue weighted by molar-refractivity contribution is -0.115. The lowest BCUT2D eigenvalue weighted by Crippen LogP contribution is -2.15. The largest absolute Gasteiger partial charge is 0.319 e. The number of carbonyl (C=O) groups is 2. The first kappa shape index (κ1) is 19.1. The van der Waals surface area contributed by atoms with E-state index in [1.807, 2.05) is 0 Å². The minimum Gasteiger partial charge on any atom is -0.319 e. The van der Waals surface area contributed by atoms with Crippen molar-refractivity contribution in [2.75, 3.05) is 10.6 Å². The van der Waals surface area contributed by atoms with Crippen LogP contribution < -0.4 is 10.6 Å². The molecule has 0 aliphatic rings. The summed E-state index contributed by atoms with van der Waals surface area (Å²) in [5, 5.41) is 13.4. The van der Waals surface area contributed by atoms with Gasteiger partial charge in [-0.15, -0.1) is 11.3 Å². The third-order valence-corrected chi connectivity index (χ3v) is 5.42. The van der Waals surface area contributed by atoms with E-state index < -0.39 is 11.7 Å². The molecule has 0 atom stereocenters. The van der Waals surface area contributed by atoms with E-state index in [0.717, 1.165) is 16.9 Å². The Labute approximate surface area is 173 Å². The number of thiophene rings is 1. The molecule has 29 heavy (non-hydrogen) atoms. The van der Waals surface area contributed by atoms with Crippen LogP contribution in [0.4, 0.5) is 15.9 Å². The Morgan fingerprint density at radius 3 is 2.62 bits per heavy atom. The van der Waals surface area contributed by atoms with Crippen molar-refractivity contribution in [2.45, 2.75) is 6.42 Å². The Kier molecular flexibility index (Phi) is 5.28. The molecule has 0 bridgehead atoms. The standard InChI is InChI=1S/C20H14ClFN4O2S/c21-12-7-5-11(6-8-12)9-17(27)24-18-13-10-16(29-20(13)26-25-18)19(28)23-15-4-2-1-3-14(15)22/h1-8,10H,9H2,(H,23,28)(H2,24,25,26,27). The fourth-order valence-electron chi connectivity index (χ4n) is 2.74. The monoisotopic (exact) mass is 428 g/mol. The first-order valence-corrected chi connectivity index (χ1v) is 9.77. The molecule has 2 aromatic heterocycles. The molecule has 0 aliphatic heterocycles.